The lowest BCUT2D eigenvalue weighted by atomic mass is 10.0. The van der Waals surface area contributed by atoms with Gasteiger partial charge in [0.1, 0.15) is 11.6 Å². The Bertz CT molecular complexity index is 389. The van der Waals surface area contributed by atoms with Gasteiger partial charge < -0.3 is 10.2 Å². The Hall–Kier alpha value is -1.20. The van der Waals surface area contributed by atoms with E-state index in [9.17, 15) is 0 Å². The predicted molar refractivity (Wildman–Crippen MR) is 71.0 cm³/mol. The van der Waals surface area contributed by atoms with Gasteiger partial charge >= 0.3 is 0 Å². The molecule has 1 saturated heterocycles. The molecule has 5 nitrogen and oxygen atoms in total. The molecule has 0 bridgehead atoms. The SMILES string of the molecule is CC(C)Cc1cc(NN)nc(CC2CCOC2)n1. The minimum Gasteiger partial charge on any atom is -0.381 e. The number of nitrogen functional groups attached to an aromatic ring is 1. The number of hydrogen-bond donors (Lipinski definition) is 2. The Labute approximate surface area is 108 Å². The van der Waals surface area contributed by atoms with Gasteiger partial charge in [-0.2, -0.15) is 0 Å². The molecule has 2 heterocycles. The lowest BCUT2D eigenvalue weighted by molar-refractivity contribution is 0.185. The standard InChI is InChI=1S/C13H22N4O/c1-9(2)5-11-7-13(17-14)16-12(15-11)6-10-3-4-18-8-10/h7,9-10H,3-6,8,14H2,1-2H3,(H,15,16,17). The summed E-state index contributed by atoms with van der Waals surface area (Å²) in [6, 6.07) is 1.93. The summed E-state index contributed by atoms with van der Waals surface area (Å²) in [5.74, 6) is 8.16. The van der Waals surface area contributed by atoms with E-state index in [2.05, 4.69) is 29.2 Å². The number of anilines is 1. The quantitative estimate of drug-likeness (QED) is 0.612. The zero-order chi connectivity index (χ0) is 13.0. The minimum absolute atomic E-state index is 0.546. The van der Waals surface area contributed by atoms with Gasteiger partial charge in [-0.05, 0) is 24.7 Å². The van der Waals surface area contributed by atoms with Crippen molar-refractivity contribution in [3.63, 3.8) is 0 Å². The number of nitrogens with zero attached hydrogens (tertiary/aromatic N) is 2. The molecule has 0 radical (unpaired) electrons. The lowest BCUT2D eigenvalue weighted by Crippen LogP contribution is -2.14. The third-order valence-electron chi connectivity index (χ3n) is 3.09. The summed E-state index contributed by atoms with van der Waals surface area (Å²) < 4.78 is 5.38. The molecule has 1 aromatic rings. The summed E-state index contributed by atoms with van der Waals surface area (Å²) in [6.07, 6.45) is 2.93. The zero-order valence-corrected chi connectivity index (χ0v) is 11.1. The molecule has 1 unspecified atom stereocenters. The van der Waals surface area contributed by atoms with Gasteiger partial charge in [0.25, 0.3) is 0 Å². The average Bonchev–Trinajstić information content (AvgIpc) is 2.80. The highest BCUT2D eigenvalue weighted by Crippen LogP contribution is 2.18. The molecule has 1 fully saturated rings. The molecule has 1 atom stereocenters. The summed E-state index contributed by atoms with van der Waals surface area (Å²) >= 11 is 0. The third-order valence-corrected chi connectivity index (χ3v) is 3.09. The second kappa shape index (κ2) is 6.11. The van der Waals surface area contributed by atoms with Crippen molar-refractivity contribution in [1.82, 2.24) is 9.97 Å². The highest BCUT2D eigenvalue weighted by atomic mass is 16.5. The number of nitrogens with one attached hydrogen (secondary N) is 1. The van der Waals surface area contributed by atoms with E-state index in [0.717, 1.165) is 44.0 Å². The van der Waals surface area contributed by atoms with Crippen molar-refractivity contribution in [2.45, 2.75) is 33.1 Å². The first-order valence-corrected chi connectivity index (χ1v) is 6.58. The third kappa shape index (κ3) is 3.65. The first-order valence-electron chi connectivity index (χ1n) is 6.58. The summed E-state index contributed by atoms with van der Waals surface area (Å²) in [6.45, 7) is 6.05. The number of hydrogen-bond acceptors (Lipinski definition) is 5. The molecule has 1 aromatic heterocycles. The highest BCUT2D eigenvalue weighted by molar-refractivity contribution is 5.34. The van der Waals surface area contributed by atoms with E-state index in [0.29, 0.717) is 17.7 Å². The molecule has 18 heavy (non-hydrogen) atoms. The van der Waals surface area contributed by atoms with Gasteiger partial charge in [-0.1, -0.05) is 13.8 Å². The monoisotopic (exact) mass is 250 g/mol. The Kier molecular flexibility index (Phi) is 4.49. The van der Waals surface area contributed by atoms with Crippen LogP contribution < -0.4 is 11.3 Å². The van der Waals surface area contributed by atoms with Gasteiger partial charge in [0.15, 0.2) is 0 Å². The first kappa shape index (κ1) is 13.2. The van der Waals surface area contributed by atoms with Gasteiger partial charge in [-0.25, -0.2) is 15.8 Å². The lowest BCUT2D eigenvalue weighted by Gasteiger charge is -2.11. The fraction of sp³-hybridized carbons (Fsp3) is 0.692. The first-order chi connectivity index (χ1) is 8.67. The summed E-state index contributed by atoms with van der Waals surface area (Å²) in [4.78, 5) is 9.04. The zero-order valence-electron chi connectivity index (χ0n) is 11.1. The van der Waals surface area contributed by atoms with Crippen LogP contribution in [-0.2, 0) is 17.6 Å². The van der Waals surface area contributed by atoms with Crippen LogP contribution in [0, 0.1) is 11.8 Å². The number of hydrazine groups is 1. The van der Waals surface area contributed by atoms with E-state index < -0.39 is 0 Å². The van der Waals surface area contributed by atoms with Crippen LogP contribution >= 0.6 is 0 Å². The molecule has 1 aliphatic heterocycles. The van der Waals surface area contributed by atoms with E-state index in [-0.39, 0.29) is 0 Å². The molecular weight excluding hydrogens is 228 g/mol. The van der Waals surface area contributed by atoms with Crippen LogP contribution in [0.1, 0.15) is 31.8 Å². The Balaban J connectivity index is 2.11. The predicted octanol–water partition coefficient (Wildman–Crippen LogP) is 1.54. The maximum atomic E-state index is 5.46. The smallest absolute Gasteiger partial charge is 0.143 e. The Morgan fingerprint density at radius 2 is 2.33 bits per heavy atom. The second-order valence-corrected chi connectivity index (χ2v) is 5.34. The maximum absolute atomic E-state index is 5.46. The van der Waals surface area contributed by atoms with Crippen LogP contribution in [0.15, 0.2) is 6.07 Å². The van der Waals surface area contributed by atoms with E-state index in [1.807, 2.05) is 6.07 Å². The van der Waals surface area contributed by atoms with Crippen LogP contribution in [0.5, 0.6) is 0 Å². The normalized spacial score (nSPS) is 19.4. The summed E-state index contributed by atoms with van der Waals surface area (Å²) in [7, 11) is 0. The Morgan fingerprint density at radius 1 is 1.50 bits per heavy atom. The minimum atomic E-state index is 0.546. The number of ether oxygens (including phenoxy) is 1. The van der Waals surface area contributed by atoms with Crippen molar-refractivity contribution >= 4 is 5.82 Å². The van der Waals surface area contributed by atoms with Crippen molar-refractivity contribution in [3.05, 3.63) is 17.6 Å². The van der Waals surface area contributed by atoms with Crippen molar-refractivity contribution in [1.29, 1.82) is 0 Å². The second-order valence-electron chi connectivity index (χ2n) is 5.34. The van der Waals surface area contributed by atoms with Gasteiger partial charge in [0.2, 0.25) is 0 Å². The molecule has 1 aliphatic rings. The van der Waals surface area contributed by atoms with Crippen LogP contribution in [0.2, 0.25) is 0 Å². The molecule has 3 N–H and O–H groups in total. The molecule has 0 aromatic carbocycles. The molecule has 5 heteroatoms. The number of nitrogens with two attached hydrogens (primary N) is 1. The molecule has 0 saturated carbocycles. The fourth-order valence-electron chi connectivity index (χ4n) is 2.24. The van der Waals surface area contributed by atoms with Gasteiger partial charge in [0, 0.05) is 31.4 Å². The molecule has 0 spiro atoms. The molecule has 0 amide bonds. The van der Waals surface area contributed by atoms with Crippen molar-refractivity contribution in [2.24, 2.45) is 17.7 Å². The number of aromatic nitrogens is 2. The largest absolute Gasteiger partial charge is 0.381 e. The van der Waals surface area contributed by atoms with Crippen LogP contribution in [0.4, 0.5) is 5.82 Å². The average molecular weight is 250 g/mol. The van der Waals surface area contributed by atoms with Crippen LogP contribution in [0.3, 0.4) is 0 Å². The van der Waals surface area contributed by atoms with E-state index >= 15 is 0 Å². The number of rotatable bonds is 5. The maximum Gasteiger partial charge on any atom is 0.143 e. The van der Waals surface area contributed by atoms with Crippen molar-refractivity contribution in [2.75, 3.05) is 18.6 Å². The molecule has 100 valence electrons. The molecule has 0 aliphatic carbocycles. The summed E-state index contributed by atoms with van der Waals surface area (Å²) in [5.41, 5.74) is 3.68. The van der Waals surface area contributed by atoms with Crippen LogP contribution in [0.25, 0.3) is 0 Å². The van der Waals surface area contributed by atoms with Gasteiger partial charge in [-0.3, -0.25) is 0 Å². The van der Waals surface area contributed by atoms with E-state index in [4.69, 9.17) is 10.6 Å². The van der Waals surface area contributed by atoms with E-state index in [1.165, 1.54) is 0 Å². The van der Waals surface area contributed by atoms with Crippen LogP contribution in [-0.4, -0.2) is 23.2 Å². The molecular formula is C13H22N4O. The van der Waals surface area contributed by atoms with Crippen molar-refractivity contribution in [3.8, 4) is 0 Å². The van der Waals surface area contributed by atoms with Gasteiger partial charge in [-0.15, -0.1) is 0 Å². The molecule has 2 rings (SSSR count). The highest BCUT2D eigenvalue weighted by Gasteiger charge is 2.18. The van der Waals surface area contributed by atoms with Gasteiger partial charge in [0.05, 0.1) is 0 Å². The Morgan fingerprint density at radius 3 is 2.94 bits per heavy atom. The van der Waals surface area contributed by atoms with Crippen molar-refractivity contribution < 1.29 is 4.74 Å². The fourth-order valence-corrected chi connectivity index (χ4v) is 2.24. The van der Waals surface area contributed by atoms with E-state index in [1.54, 1.807) is 0 Å². The summed E-state index contributed by atoms with van der Waals surface area (Å²) in [5, 5.41) is 0. The topological polar surface area (TPSA) is 73.1 Å².